The number of nitrogens with zero attached hydrogens (tertiary/aromatic N) is 4. The van der Waals surface area contributed by atoms with Crippen molar-refractivity contribution in [3.05, 3.63) is 236 Å². The third-order valence-electron chi connectivity index (χ3n) is 12.7. The SMILES string of the molecule is CC(C)(C)c1ccnc2c1OC1=CB(c3ccccc3-c3ccccc3)c3ccc(Oc4[c-]c(-n5[c-][n+](-c6c(-c7ccccc7)cccc6-c6ccccc6)c6ccccc65)ccc4)[c-]c3N12.[Pt]. The first-order valence-corrected chi connectivity index (χ1v) is 22.7. The summed E-state index contributed by atoms with van der Waals surface area (Å²) in [6.07, 6.45) is 5.64. The Morgan fingerprint density at radius 3 is 1.90 bits per heavy atom. The van der Waals surface area contributed by atoms with Gasteiger partial charge in [-0.25, -0.2) is 4.98 Å². The van der Waals surface area contributed by atoms with Gasteiger partial charge < -0.3 is 14.0 Å². The van der Waals surface area contributed by atoms with E-state index in [0.29, 0.717) is 17.4 Å². The number of anilines is 2. The summed E-state index contributed by atoms with van der Waals surface area (Å²) in [6.45, 7) is 6.47. The van der Waals surface area contributed by atoms with Crippen molar-refractivity contribution in [3.63, 3.8) is 0 Å². The van der Waals surface area contributed by atoms with Crippen LogP contribution in [0, 0.1) is 18.5 Å². The van der Waals surface area contributed by atoms with Crippen molar-refractivity contribution in [2.24, 2.45) is 0 Å². The van der Waals surface area contributed by atoms with Crippen molar-refractivity contribution >= 4 is 40.2 Å². The smallest absolute Gasteiger partial charge is 0.268 e. The second-order valence-corrected chi connectivity index (χ2v) is 18.0. The Morgan fingerprint density at radius 2 is 1.19 bits per heavy atom. The summed E-state index contributed by atoms with van der Waals surface area (Å²) >= 11 is 0. The fraction of sp³-hybridized carbons (Fsp3) is 0.0667. The van der Waals surface area contributed by atoms with Crippen molar-refractivity contribution in [2.45, 2.75) is 26.2 Å². The van der Waals surface area contributed by atoms with E-state index in [1.165, 1.54) is 5.46 Å². The second-order valence-electron chi connectivity index (χ2n) is 18.0. The molecule has 0 bridgehead atoms. The molecule has 4 heterocycles. The molecule has 0 saturated heterocycles. The van der Waals surface area contributed by atoms with Crippen LogP contribution in [0.2, 0.25) is 0 Å². The predicted octanol–water partition coefficient (Wildman–Crippen LogP) is 12.3. The first-order chi connectivity index (χ1) is 32.9. The summed E-state index contributed by atoms with van der Waals surface area (Å²) in [6, 6.07) is 74.7. The molecule has 2 aliphatic rings. The normalized spacial score (nSPS) is 12.7. The summed E-state index contributed by atoms with van der Waals surface area (Å²) in [7, 11) is 0. The average molecular weight is 1060 g/mol. The summed E-state index contributed by atoms with van der Waals surface area (Å²) in [4.78, 5) is 7.01. The third kappa shape index (κ3) is 7.54. The van der Waals surface area contributed by atoms with Crippen LogP contribution in [0.15, 0.2) is 212 Å². The van der Waals surface area contributed by atoms with Gasteiger partial charge in [-0.1, -0.05) is 196 Å². The number of pyridine rings is 1. The largest absolute Gasteiger partial charge is 0.510 e. The monoisotopic (exact) mass is 1060 g/mol. The van der Waals surface area contributed by atoms with E-state index in [9.17, 15) is 0 Å². The van der Waals surface area contributed by atoms with Crippen LogP contribution in [0.4, 0.5) is 11.5 Å². The first kappa shape index (κ1) is 42.9. The number of para-hydroxylation sites is 3. The first-order valence-electron chi connectivity index (χ1n) is 22.7. The molecule has 0 radical (unpaired) electrons. The molecule has 12 rings (SSSR count). The topological polar surface area (TPSA) is 43.4 Å². The van der Waals surface area contributed by atoms with Crippen LogP contribution in [0.25, 0.3) is 55.8 Å². The molecule has 0 saturated carbocycles. The van der Waals surface area contributed by atoms with E-state index in [1.54, 1.807) is 0 Å². The molecule has 330 valence electrons. The quantitative estimate of drug-likeness (QED) is 0.0864. The summed E-state index contributed by atoms with van der Waals surface area (Å²) in [5, 5.41) is 0. The van der Waals surface area contributed by atoms with Crippen molar-refractivity contribution in [2.75, 3.05) is 4.90 Å². The molecule has 68 heavy (non-hydrogen) atoms. The Bertz CT molecular complexity index is 3470. The van der Waals surface area contributed by atoms with Gasteiger partial charge in [-0.2, -0.15) is 18.2 Å². The Balaban J connectivity index is 0.00000507. The van der Waals surface area contributed by atoms with Gasteiger partial charge in [-0.05, 0) is 50.5 Å². The maximum Gasteiger partial charge on any atom is 0.268 e. The van der Waals surface area contributed by atoms with Crippen LogP contribution in [0.1, 0.15) is 26.3 Å². The molecule has 0 atom stereocenters. The molecule has 0 amide bonds. The molecule has 6 nitrogen and oxygen atoms in total. The van der Waals surface area contributed by atoms with E-state index >= 15 is 0 Å². The maximum atomic E-state index is 6.83. The van der Waals surface area contributed by atoms with E-state index in [0.717, 1.165) is 84.1 Å². The number of imidazole rings is 1. The Kier molecular flexibility index (Phi) is 11.0. The molecule has 2 aliphatic heterocycles. The van der Waals surface area contributed by atoms with E-state index < -0.39 is 0 Å². The standard InChI is InChI=1S/C60H43BN4O2.Pt/c1-60(2,3)50-35-36-62-59-58(50)67-56-39-61(51-30-14-13-27-47(51)41-19-7-4-8-20-41)52-34-33-46(38-55(52)65(56)59)66-45-26-17-25-44(37-45)63-40-64(54-32-16-15-31-53(54)63)57-48(42-21-9-5-10-22-42)28-18-29-49(57)43-23-11-6-12-24-43;/h4-36,39H,1-3H3;/q-2;. The minimum atomic E-state index is -0.170. The van der Waals surface area contributed by atoms with Crippen LogP contribution >= 0.6 is 0 Å². The molecule has 0 unspecified atom stereocenters. The minimum absolute atomic E-state index is 0. The van der Waals surface area contributed by atoms with Crippen LogP contribution in [0.5, 0.6) is 17.2 Å². The average Bonchev–Trinajstić information content (AvgIpc) is 3.96. The van der Waals surface area contributed by atoms with Gasteiger partial charge in [-0.15, -0.1) is 29.7 Å². The molecule has 10 aromatic rings. The maximum absolute atomic E-state index is 6.83. The van der Waals surface area contributed by atoms with Gasteiger partial charge in [0, 0.05) is 44.3 Å². The van der Waals surface area contributed by atoms with E-state index in [1.807, 2.05) is 30.5 Å². The predicted molar refractivity (Wildman–Crippen MR) is 269 cm³/mol. The van der Waals surface area contributed by atoms with Gasteiger partial charge >= 0.3 is 0 Å². The molecule has 0 aliphatic carbocycles. The van der Waals surface area contributed by atoms with Crippen LogP contribution in [0.3, 0.4) is 0 Å². The zero-order chi connectivity index (χ0) is 45.1. The van der Waals surface area contributed by atoms with Crippen LogP contribution in [-0.4, -0.2) is 16.3 Å². The van der Waals surface area contributed by atoms with Gasteiger partial charge in [0.25, 0.3) is 6.33 Å². The van der Waals surface area contributed by atoms with E-state index in [4.69, 9.17) is 14.5 Å². The fourth-order valence-electron chi connectivity index (χ4n) is 9.61. The zero-order valence-corrected chi connectivity index (χ0v) is 39.9. The van der Waals surface area contributed by atoms with Crippen LogP contribution < -0.4 is 29.9 Å². The van der Waals surface area contributed by atoms with Gasteiger partial charge in [-0.3, -0.25) is 9.47 Å². The van der Waals surface area contributed by atoms with Crippen molar-refractivity contribution in [1.82, 2.24) is 9.55 Å². The third-order valence-corrected chi connectivity index (χ3v) is 12.7. The van der Waals surface area contributed by atoms with Crippen molar-refractivity contribution < 1.29 is 35.1 Å². The number of hydrogen-bond acceptors (Lipinski definition) is 4. The molecule has 0 N–H and O–H groups in total. The summed E-state index contributed by atoms with van der Waals surface area (Å²) in [5.41, 5.74) is 14.6. The molecule has 8 aromatic carbocycles. The van der Waals surface area contributed by atoms with Crippen molar-refractivity contribution in [1.29, 1.82) is 0 Å². The molecule has 0 fully saturated rings. The molecular formula is C60H43BN4O2Pt-2. The summed E-state index contributed by atoms with van der Waals surface area (Å²) in [5.74, 6) is 5.52. The molecule has 0 spiro atoms. The van der Waals surface area contributed by atoms with Gasteiger partial charge in [0.1, 0.15) is 0 Å². The Morgan fingerprint density at radius 1 is 0.588 bits per heavy atom. The Labute approximate surface area is 411 Å². The number of rotatable bonds is 8. The number of ether oxygens (including phenoxy) is 2. The van der Waals surface area contributed by atoms with E-state index in [2.05, 4.69) is 229 Å². The number of aromatic nitrogens is 3. The molecular weight excluding hydrogens is 1010 g/mol. The Hall–Kier alpha value is -7.73. The molecule has 8 heteroatoms. The van der Waals surface area contributed by atoms with Crippen molar-refractivity contribution in [3.8, 4) is 62.0 Å². The van der Waals surface area contributed by atoms with Gasteiger partial charge in [0.05, 0.1) is 16.7 Å². The second kappa shape index (κ2) is 17.5. The zero-order valence-electron chi connectivity index (χ0n) is 37.6. The molecule has 2 aromatic heterocycles. The van der Waals surface area contributed by atoms with Gasteiger partial charge in [0.15, 0.2) is 24.2 Å². The number of hydrogen-bond donors (Lipinski definition) is 0. The number of fused-ring (bicyclic) bond motifs is 6. The number of benzene rings is 8. The summed E-state index contributed by atoms with van der Waals surface area (Å²) < 4.78 is 17.8. The van der Waals surface area contributed by atoms with E-state index in [-0.39, 0.29) is 33.2 Å². The van der Waals surface area contributed by atoms with Crippen LogP contribution in [-0.2, 0) is 26.5 Å². The fourth-order valence-corrected chi connectivity index (χ4v) is 9.61. The van der Waals surface area contributed by atoms with Gasteiger partial charge in [0.2, 0.25) is 0 Å². The minimum Gasteiger partial charge on any atom is -0.510 e.